The molecule has 0 fully saturated rings. The molecule has 0 aromatic heterocycles. The lowest BCUT2D eigenvalue weighted by Gasteiger charge is -2.40. The maximum Gasteiger partial charge on any atom is 0.135 e. The van der Waals surface area contributed by atoms with Crippen molar-refractivity contribution in [1.29, 1.82) is 0 Å². The van der Waals surface area contributed by atoms with Crippen LogP contribution < -0.4 is 4.74 Å². The van der Waals surface area contributed by atoms with Gasteiger partial charge in [-0.15, -0.1) is 0 Å². The van der Waals surface area contributed by atoms with Gasteiger partial charge in [-0.25, -0.2) is 0 Å². The van der Waals surface area contributed by atoms with Gasteiger partial charge in [-0.1, -0.05) is 36.4 Å². The van der Waals surface area contributed by atoms with Crippen LogP contribution in [0.1, 0.15) is 85.8 Å². The van der Waals surface area contributed by atoms with Crippen LogP contribution in [0.25, 0.3) is 0 Å². The first kappa shape index (κ1) is 30.6. The van der Waals surface area contributed by atoms with Crippen LogP contribution in [0.3, 0.4) is 0 Å². The van der Waals surface area contributed by atoms with Crippen molar-refractivity contribution in [2.45, 2.75) is 35.7 Å². The fourth-order valence-corrected chi connectivity index (χ4v) is 9.08. The molecule has 254 valence electrons. The van der Waals surface area contributed by atoms with Gasteiger partial charge >= 0.3 is 0 Å². The minimum Gasteiger partial charge on any atom is -0.508 e. The van der Waals surface area contributed by atoms with Gasteiger partial charge < -0.3 is 45.6 Å². The molecular weight excluding hydrogens is 648 g/mol. The van der Waals surface area contributed by atoms with Gasteiger partial charge in [0.05, 0.1) is 5.92 Å². The van der Waals surface area contributed by atoms with Gasteiger partial charge in [0, 0.05) is 58.6 Å². The Bertz CT molecular complexity index is 2330. The Morgan fingerprint density at radius 1 is 0.353 bits per heavy atom. The zero-order chi connectivity index (χ0) is 35.3. The van der Waals surface area contributed by atoms with Crippen molar-refractivity contribution in [3.63, 3.8) is 0 Å². The fraction of sp³-hybridized carbons (Fsp3) is 0.143. The third-order valence-corrected chi connectivity index (χ3v) is 10.9. The molecule has 0 radical (unpaired) electrons. The van der Waals surface area contributed by atoms with E-state index >= 15 is 0 Å². The van der Waals surface area contributed by atoms with E-state index in [9.17, 15) is 40.9 Å². The summed E-state index contributed by atoms with van der Waals surface area (Å²) < 4.78 is 6.71. The molecule has 0 saturated heterocycles. The number of hydrogen-bond donors (Lipinski definition) is 8. The Kier molecular flexibility index (Phi) is 6.60. The number of phenols is 8. The monoisotopic (exact) mass is 680 g/mol. The van der Waals surface area contributed by atoms with Crippen molar-refractivity contribution in [2.24, 2.45) is 0 Å². The van der Waals surface area contributed by atoms with E-state index in [2.05, 4.69) is 0 Å². The summed E-state index contributed by atoms with van der Waals surface area (Å²) in [5.41, 5.74) is 6.16. The Hall–Kier alpha value is -6.48. The lowest BCUT2D eigenvalue weighted by atomic mass is 9.62. The molecule has 2 bridgehead atoms. The van der Waals surface area contributed by atoms with Gasteiger partial charge in [-0.2, -0.15) is 0 Å². The van der Waals surface area contributed by atoms with Crippen molar-refractivity contribution in [3.8, 4) is 51.7 Å². The lowest BCUT2D eigenvalue weighted by Crippen LogP contribution is -2.26. The highest BCUT2D eigenvalue weighted by Gasteiger charge is 2.57. The van der Waals surface area contributed by atoms with E-state index in [1.165, 1.54) is 12.1 Å². The third kappa shape index (κ3) is 4.61. The minimum absolute atomic E-state index is 0.0379. The molecule has 8 N–H and O–H groups in total. The number of benzene rings is 6. The third-order valence-electron chi connectivity index (χ3n) is 10.9. The number of aromatic hydroxyl groups is 8. The first-order chi connectivity index (χ1) is 24.6. The number of phenolic OH excluding ortho intramolecular Hbond substituents is 8. The van der Waals surface area contributed by atoms with Crippen molar-refractivity contribution in [3.05, 3.63) is 159 Å². The van der Waals surface area contributed by atoms with Gasteiger partial charge in [0.25, 0.3) is 0 Å². The van der Waals surface area contributed by atoms with Crippen LogP contribution in [0.2, 0.25) is 0 Å². The summed E-state index contributed by atoms with van der Waals surface area (Å²) >= 11 is 0. The van der Waals surface area contributed by atoms with Gasteiger partial charge in [0.15, 0.2) is 0 Å². The molecule has 1 heterocycles. The van der Waals surface area contributed by atoms with Crippen molar-refractivity contribution < 1.29 is 45.6 Å². The van der Waals surface area contributed by atoms with Crippen molar-refractivity contribution >= 4 is 0 Å². The molecule has 6 atom stereocenters. The summed E-state index contributed by atoms with van der Waals surface area (Å²) in [5.74, 6) is -2.56. The van der Waals surface area contributed by atoms with Crippen LogP contribution in [0.5, 0.6) is 51.7 Å². The first-order valence-corrected chi connectivity index (χ1v) is 16.6. The molecule has 3 aliphatic rings. The summed E-state index contributed by atoms with van der Waals surface area (Å²) in [6, 6.07) is 29.2. The number of fused-ring (bicyclic) bond motifs is 9. The summed E-state index contributed by atoms with van der Waals surface area (Å²) in [4.78, 5) is 0. The summed E-state index contributed by atoms with van der Waals surface area (Å²) in [5, 5.41) is 86.7. The predicted octanol–water partition coefficient (Wildman–Crippen LogP) is 7.76. The molecule has 9 rings (SSSR count). The summed E-state index contributed by atoms with van der Waals surface area (Å²) in [6.07, 6.45) is -0.702. The van der Waals surface area contributed by atoms with Crippen LogP contribution in [-0.2, 0) is 0 Å². The Morgan fingerprint density at radius 3 is 1.49 bits per heavy atom. The second-order valence-corrected chi connectivity index (χ2v) is 13.7. The molecule has 0 spiro atoms. The number of rotatable bonds is 4. The number of hydrogen-bond acceptors (Lipinski definition) is 9. The largest absolute Gasteiger partial charge is 0.508 e. The second-order valence-electron chi connectivity index (χ2n) is 13.7. The Morgan fingerprint density at radius 2 is 0.882 bits per heavy atom. The zero-order valence-electron chi connectivity index (χ0n) is 26.8. The topological polar surface area (TPSA) is 171 Å². The molecule has 9 nitrogen and oxygen atoms in total. The van der Waals surface area contributed by atoms with E-state index in [0.717, 1.165) is 22.3 Å². The minimum atomic E-state index is -0.702. The van der Waals surface area contributed by atoms with Crippen molar-refractivity contribution in [2.75, 3.05) is 0 Å². The smallest absolute Gasteiger partial charge is 0.135 e. The van der Waals surface area contributed by atoms with Crippen LogP contribution in [0, 0.1) is 0 Å². The number of ether oxygens (including phenoxy) is 1. The fourth-order valence-electron chi connectivity index (χ4n) is 9.08. The molecule has 6 aromatic carbocycles. The summed E-state index contributed by atoms with van der Waals surface area (Å²) in [6.45, 7) is 0. The lowest BCUT2D eigenvalue weighted by molar-refractivity contribution is 0.221. The molecule has 0 amide bonds. The molecule has 1 aliphatic heterocycles. The zero-order valence-corrected chi connectivity index (χ0v) is 26.8. The first-order valence-electron chi connectivity index (χ1n) is 16.6. The van der Waals surface area contributed by atoms with Gasteiger partial charge in [-0.3, -0.25) is 0 Å². The standard InChI is InChI=1S/C42H32O9/c43-23-7-1-19(2-8-23)33-36-29(16-28(48)17-30(36)49)37-34(20-3-9-24(44)10-4-20)40(33)41-38(37)31(50)18-32-39(41)35(22-13-26(46)15-27(47)14-22)42(51-32)21-5-11-25(45)12-6-21/h1-18,33-35,37,40,42-50H/t33-,34-,35-,37-,40+,42+/m0/s1. The van der Waals surface area contributed by atoms with E-state index in [1.54, 1.807) is 84.9 Å². The van der Waals surface area contributed by atoms with E-state index < -0.39 is 29.8 Å². The normalized spacial score (nSPS) is 22.5. The van der Waals surface area contributed by atoms with Crippen LogP contribution >= 0.6 is 0 Å². The summed E-state index contributed by atoms with van der Waals surface area (Å²) in [7, 11) is 0. The van der Waals surface area contributed by atoms with E-state index in [1.807, 2.05) is 12.1 Å². The quantitative estimate of drug-likeness (QED) is 0.0927. The average Bonchev–Trinajstić information content (AvgIpc) is 3.60. The van der Waals surface area contributed by atoms with E-state index in [0.29, 0.717) is 33.6 Å². The Balaban J connectivity index is 1.39. The SMILES string of the molecule is Oc1ccc([C@H]2c3c(O)cc(O)cc3[C@@H]3c4c(O)cc5c(c4[C@H]2[C@H]3c2ccc(O)cc2)[C@H](c2cc(O)cc(O)c2)[C@@H](c2ccc(O)cc2)O5)cc1. The van der Waals surface area contributed by atoms with Crippen LogP contribution in [-0.4, -0.2) is 40.9 Å². The van der Waals surface area contributed by atoms with Gasteiger partial charge in [0.1, 0.15) is 57.8 Å². The highest BCUT2D eigenvalue weighted by molar-refractivity contribution is 5.73. The second kappa shape index (κ2) is 11.0. The molecule has 6 aromatic rings. The average molecular weight is 681 g/mol. The van der Waals surface area contributed by atoms with Crippen LogP contribution in [0.15, 0.2) is 109 Å². The van der Waals surface area contributed by atoms with Crippen LogP contribution in [0.4, 0.5) is 0 Å². The van der Waals surface area contributed by atoms with E-state index in [-0.39, 0.29) is 51.9 Å². The molecule has 51 heavy (non-hydrogen) atoms. The maximum absolute atomic E-state index is 12.1. The van der Waals surface area contributed by atoms with E-state index in [4.69, 9.17) is 4.74 Å². The van der Waals surface area contributed by atoms with Gasteiger partial charge in [-0.05, 0) is 88.0 Å². The predicted molar refractivity (Wildman–Crippen MR) is 186 cm³/mol. The molecule has 0 unspecified atom stereocenters. The molecule has 9 heteroatoms. The van der Waals surface area contributed by atoms with Crippen molar-refractivity contribution in [1.82, 2.24) is 0 Å². The highest BCUT2D eigenvalue weighted by Crippen LogP contribution is 2.71. The molecular formula is C42H32O9. The molecule has 2 aliphatic carbocycles. The Labute approximate surface area is 291 Å². The molecule has 0 saturated carbocycles. The maximum atomic E-state index is 12.1. The highest BCUT2D eigenvalue weighted by atomic mass is 16.5. The van der Waals surface area contributed by atoms with Gasteiger partial charge in [0.2, 0.25) is 0 Å².